The van der Waals surface area contributed by atoms with Gasteiger partial charge in [-0.2, -0.15) is 0 Å². The van der Waals surface area contributed by atoms with Gasteiger partial charge in [0.15, 0.2) is 5.11 Å². The minimum atomic E-state index is -0.432. The highest BCUT2D eigenvalue weighted by Crippen LogP contribution is 2.28. The fourth-order valence-electron chi connectivity index (χ4n) is 1.97. The Balaban J connectivity index is 2.14. The Labute approximate surface area is 144 Å². The van der Waals surface area contributed by atoms with Crippen molar-refractivity contribution in [3.05, 3.63) is 53.1 Å². The number of rotatable bonds is 4. The Morgan fingerprint density at radius 3 is 2.26 bits per heavy atom. The molecule has 2 N–H and O–H groups in total. The first-order chi connectivity index (χ1) is 11.0. The third-order valence-corrected chi connectivity index (χ3v) is 3.40. The van der Waals surface area contributed by atoms with Crippen LogP contribution in [0.3, 0.4) is 0 Å². The first-order valence-corrected chi connectivity index (χ1v) is 7.42. The van der Waals surface area contributed by atoms with E-state index >= 15 is 0 Å². The molecule has 0 saturated carbocycles. The fourth-order valence-corrected chi connectivity index (χ4v) is 2.37. The number of carbonyl (C=O) groups excluding carboxylic acids is 1. The highest BCUT2D eigenvalue weighted by molar-refractivity contribution is 7.80. The number of methoxy groups -OCH3 is 2. The highest BCUT2D eigenvalue weighted by atomic mass is 35.5. The molecule has 0 atom stereocenters. The molecule has 2 aromatic rings. The molecule has 0 bridgehead atoms. The van der Waals surface area contributed by atoms with Crippen LogP contribution in [0.5, 0.6) is 11.5 Å². The number of nitrogens with one attached hydrogen (secondary N) is 2. The van der Waals surface area contributed by atoms with Gasteiger partial charge in [-0.25, -0.2) is 0 Å². The van der Waals surface area contributed by atoms with Gasteiger partial charge < -0.3 is 14.8 Å². The summed E-state index contributed by atoms with van der Waals surface area (Å²) in [7, 11) is 2.96. The second-order valence-electron chi connectivity index (χ2n) is 4.46. The molecule has 23 heavy (non-hydrogen) atoms. The van der Waals surface area contributed by atoms with Gasteiger partial charge in [-0.1, -0.05) is 23.7 Å². The Hall–Kier alpha value is -2.31. The monoisotopic (exact) mass is 350 g/mol. The molecule has 0 aromatic heterocycles. The van der Waals surface area contributed by atoms with Gasteiger partial charge in [-0.15, -0.1) is 0 Å². The van der Waals surface area contributed by atoms with E-state index in [0.717, 1.165) is 0 Å². The van der Waals surface area contributed by atoms with E-state index in [1.807, 2.05) is 0 Å². The van der Waals surface area contributed by atoms with E-state index in [1.54, 1.807) is 42.5 Å². The van der Waals surface area contributed by atoms with Crippen molar-refractivity contribution in [1.29, 1.82) is 0 Å². The predicted molar refractivity (Wildman–Crippen MR) is 94.7 cm³/mol. The summed E-state index contributed by atoms with van der Waals surface area (Å²) >= 11 is 11.1. The van der Waals surface area contributed by atoms with Crippen molar-refractivity contribution >= 4 is 40.5 Å². The van der Waals surface area contributed by atoms with Crippen molar-refractivity contribution in [3.63, 3.8) is 0 Å². The van der Waals surface area contributed by atoms with Gasteiger partial charge in [0.2, 0.25) is 0 Å². The number of anilines is 1. The largest absolute Gasteiger partial charge is 0.496 e. The second kappa shape index (κ2) is 7.80. The average Bonchev–Trinajstić information content (AvgIpc) is 2.53. The molecular weight excluding hydrogens is 336 g/mol. The number of ether oxygens (including phenoxy) is 2. The summed E-state index contributed by atoms with van der Waals surface area (Å²) in [6.07, 6.45) is 0. The van der Waals surface area contributed by atoms with Crippen LogP contribution in [0.4, 0.5) is 5.69 Å². The van der Waals surface area contributed by atoms with Crippen molar-refractivity contribution in [2.24, 2.45) is 0 Å². The van der Waals surface area contributed by atoms with E-state index < -0.39 is 5.91 Å². The van der Waals surface area contributed by atoms with Crippen LogP contribution in [0, 0.1) is 0 Å². The number of hydrogen-bond acceptors (Lipinski definition) is 4. The summed E-state index contributed by atoms with van der Waals surface area (Å²) in [4.78, 5) is 12.4. The first kappa shape index (κ1) is 17.1. The van der Waals surface area contributed by atoms with Crippen LogP contribution in [0.1, 0.15) is 10.4 Å². The Bertz CT molecular complexity index is 715. The maximum Gasteiger partial charge on any atom is 0.264 e. The maximum atomic E-state index is 12.4. The molecule has 0 saturated heterocycles. The zero-order valence-electron chi connectivity index (χ0n) is 12.6. The van der Waals surface area contributed by atoms with E-state index in [0.29, 0.717) is 22.2 Å². The Morgan fingerprint density at radius 2 is 1.70 bits per heavy atom. The molecule has 2 aromatic carbocycles. The van der Waals surface area contributed by atoms with E-state index in [9.17, 15) is 4.79 Å². The zero-order valence-corrected chi connectivity index (χ0v) is 14.1. The van der Waals surface area contributed by atoms with Crippen molar-refractivity contribution < 1.29 is 14.3 Å². The summed E-state index contributed by atoms with van der Waals surface area (Å²) in [5, 5.41) is 6.19. The summed E-state index contributed by atoms with van der Waals surface area (Å²) in [5.41, 5.74) is 0.947. The zero-order chi connectivity index (χ0) is 16.8. The highest BCUT2D eigenvalue weighted by Gasteiger charge is 2.19. The number of thiocarbonyl (C=S) groups is 1. The topological polar surface area (TPSA) is 59.6 Å². The number of amides is 1. The Kier molecular flexibility index (Phi) is 5.78. The van der Waals surface area contributed by atoms with Gasteiger partial charge >= 0.3 is 0 Å². The lowest BCUT2D eigenvalue weighted by molar-refractivity contribution is 0.0971. The third kappa shape index (κ3) is 4.34. The smallest absolute Gasteiger partial charge is 0.264 e. The molecule has 0 fully saturated rings. The van der Waals surface area contributed by atoms with E-state index in [2.05, 4.69) is 10.6 Å². The van der Waals surface area contributed by atoms with Gasteiger partial charge in [-0.3, -0.25) is 10.1 Å². The third-order valence-electron chi connectivity index (χ3n) is 2.96. The molecule has 0 unspecified atom stereocenters. The fraction of sp³-hybridized carbons (Fsp3) is 0.125. The lowest BCUT2D eigenvalue weighted by atomic mass is 10.1. The van der Waals surface area contributed by atoms with Crippen molar-refractivity contribution in [3.8, 4) is 11.5 Å². The van der Waals surface area contributed by atoms with Crippen LogP contribution in [0.15, 0.2) is 42.5 Å². The molecule has 0 radical (unpaired) electrons. The van der Waals surface area contributed by atoms with E-state index in [4.69, 9.17) is 33.3 Å². The van der Waals surface area contributed by atoms with Crippen molar-refractivity contribution in [2.45, 2.75) is 0 Å². The quantitative estimate of drug-likeness (QED) is 0.827. The van der Waals surface area contributed by atoms with Gasteiger partial charge in [-0.05, 0) is 42.5 Å². The molecule has 0 aliphatic carbocycles. The number of carbonyl (C=O) groups is 1. The molecule has 7 heteroatoms. The molecule has 120 valence electrons. The lowest BCUT2D eigenvalue weighted by Crippen LogP contribution is -2.34. The normalized spacial score (nSPS) is 9.87. The van der Waals surface area contributed by atoms with Crippen molar-refractivity contribution in [1.82, 2.24) is 5.32 Å². The minimum Gasteiger partial charge on any atom is -0.496 e. The molecule has 0 aliphatic heterocycles. The number of hydrogen-bond donors (Lipinski definition) is 2. The first-order valence-electron chi connectivity index (χ1n) is 6.64. The van der Waals surface area contributed by atoms with E-state index in [1.165, 1.54) is 14.2 Å². The van der Waals surface area contributed by atoms with Gasteiger partial charge in [0, 0.05) is 10.7 Å². The van der Waals surface area contributed by atoms with Crippen LogP contribution >= 0.6 is 23.8 Å². The molecule has 0 heterocycles. The van der Waals surface area contributed by atoms with Gasteiger partial charge in [0.05, 0.1) is 14.2 Å². The van der Waals surface area contributed by atoms with Crippen molar-refractivity contribution in [2.75, 3.05) is 19.5 Å². The Morgan fingerprint density at radius 1 is 1.09 bits per heavy atom. The van der Waals surface area contributed by atoms with Gasteiger partial charge in [0.25, 0.3) is 5.91 Å². The summed E-state index contributed by atoms with van der Waals surface area (Å²) in [5.74, 6) is 0.360. The molecule has 1 amide bonds. The van der Waals surface area contributed by atoms with E-state index in [-0.39, 0.29) is 10.7 Å². The predicted octanol–water partition coefficient (Wildman–Crippen LogP) is 3.48. The lowest BCUT2D eigenvalue weighted by Gasteiger charge is -2.14. The molecular formula is C16H15ClN2O3S. The van der Waals surface area contributed by atoms with Crippen LogP contribution in [0.2, 0.25) is 5.02 Å². The molecule has 2 rings (SSSR count). The molecule has 0 aliphatic rings. The second-order valence-corrected chi connectivity index (χ2v) is 5.30. The van der Waals surface area contributed by atoms with Gasteiger partial charge in [0.1, 0.15) is 17.1 Å². The SMILES string of the molecule is COc1cccc(OC)c1C(=O)NC(=S)Nc1cccc(Cl)c1. The summed E-state index contributed by atoms with van der Waals surface area (Å²) < 4.78 is 10.4. The van der Waals surface area contributed by atoms with Crippen LogP contribution < -0.4 is 20.1 Å². The van der Waals surface area contributed by atoms with Crippen LogP contribution in [-0.4, -0.2) is 25.2 Å². The van der Waals surface area contributed by atoms with Crippen LogP contribution in [0.25, 0.3) is 0 Å². The average molecular weight is 351 g/mol. The van der Waals surface area contributed by atoms with Crippen LogP contribution in [-0.2, 0) is 0 Å². The maximum absolute atomic E-state index is 12.4. The summed E-state index contributed by atoms with van der Waals surface area (Å²) in [6, 6.07) is 12.1. The molecule has 5 nitrogen and oxygen atoms in total. The minimum absolute atomic E-state index is 0.144. The molecule has 0 spiro atoms. The number of halogens is 1. The standard InChI is InChI=1S/C16H15ClN2O3S/c1-21-12-7-4-8-13(22-2)14(12)15(20)19-16(23)18-11-6-3-5-10(17)9-11/h3-9H,1-2H3,(H2,18,19,20,23). The number of benzene rings is 2. The summed E-state index contributed by atoms with van der Waals surface area (Å²) in [6.45, 7) is 0.